The summed E-state index contributed by atoms with van der Waals surface area (Å²) in [4.78, 5) is 10.9. The summed E-state index contributed by atoms with van der Waals surface area (Å²) in [5.41, 5.74) is 9.36. The molecular weight excluding hydrogens is 244 g/mol. The van der Waals surface area contributed by atoms with Crippen LogP contribution in [0.4, 0.5) is 5.82 Å². The van der Waals surface area contributed by atoms with E-state index in [1.54, 1.807) is 6.33 Å². The minimum absolute atomic E-state index is 0.634. The zero-order valence-corrected chi connectivity index (χ0v) is 11.4. The van der Waals surface area contributed by atoms with Crippen molar-refractivity contribution in [2.45, 2.75) is 6.42 Å². The summed E-state index contributed by atoms with van der Waals surface area (Å²) in [6.07, 6.45) is 6.88. The van der Waals surface area contributed by atoms with Gasteiger partial charge in [0, 0.05) is 25.2 Å². The summed E-state index contributed by atoms with van der Waals surface area (Å²) in [6.45, 7) is 3.44. The first-order valence-electron chi connectivity index (χ1n) is 6.28. The number of likely N-dealkylation sites (tertiary alicyclic amines) is 1. The second-order valence-corrected chi connectivity index (χ2v) is 5.95. The molecule has 0 bridgehead atoms. The smallest absolute Gasteiger partial charge is 0.130 e. The maximum atomic E-state index is 5.87. The van der Waals surface area contributed by atoms with Gasteiger partial charge in [-0.15, -0.1) is 0 Å². The molecule has 1 saturated heterocycles. The Kier molecular flexibility index (Phi) is 3.26. The van der Waals surface area contributed by atoms with Crippen molar-refractivity contribution in [3.05, 3.63) is 23.7 Å². The van der Waals surface area contributed by atoms with Crippen LogP contribution in [0, 0.1) is 5.92 Å². The maximum Gasteiger partial charge on any atom is 0.130 e. The van der Waals surface area contributed by atoms with E-state index in [-0.39, 0.29) is 0 Å². The van der Waals surface area contributed by atoms with Crippen molar-refractivity contribution in [1.82, 2.24) is 14.9 Å². The van der Waals surface area contributed by atoms with Crippen LogP contribution >= 0.6 is 11.8 Å². The molecule has 5 heteroatoms. The van der Waals surface area contributed by atoms with E-state index in [0.717, 1.165) is 30.1 Å². The summed E-state index contributed by atoms with van der Waals surface area (Å²) >= 11 is 1.94. The normalized spacial score (nSPS) is 19.5. The van der Waals surface area contributed by atoms with E-state index in [4.69, 9.17) is 5.73 Å². The lowest BCUT2D eigenvalue weighted by Crippen LogP contribution is -2.48. The number of fused-ring (bicyclic) bond motifs is 1. The molecule has 1 aromatic heterocycles. The van der Waals surface area contributed by atoms with E-state index < -0.39 is 0 Å². The minimum atomic E-state index is 0.634. The Morgan fingerprint density at radius 1 is 1.44 bits per heavy atom. The van der Waals surface area contributed by atoms with Gasteiger partial charge in [-0.25, -0.2) is 9.97 Å². The van der Waals surface area contributed by atoms with Gasteiger partial charge in [-0.05, 0) is 29.9 Å². The summed E-state index contributed by atoms with van der Waals surface area (Å²) in [6, 6.07) is 0. The van der Waals surface area contributed by atoms with E-state index in [2.05, 4.69) is 27.2 Å². The molecule has 1 aromatic rings. The largest absolute Gasteiger partial charge is 0.383 e. The first-order chi connectivity index (χ1) is 8.78. The molecule has 1 aliphatic heterocycles. The summed E-state index contributed by atoms with van der Waals surface area (Å²) in [5.74, 6) is 2.79. The Labute approximate surface area is 112 Å². The van der Waals surface area contributed by atoms with Gasteiger partial charge in [-0.1, -0.05) is 6.08 Å². The van der Waals surface area contributed by atoms with Crippen LogP contribution in [0.5, 0.6) is 0 Å². The van der Waals surface area contributed by atoms with Gasteiger partial charge in [0.05, 0.1) is 5.69 Å². The molecule has 96 valence electrons. The van der Waals surface area contributed by atoms with Crippen molar-refractivity contribution in [3.8, 4) is 0 Å². The molecular formula is C13H18N4S. The van der Waals surface area contributed by atoms with E-state index >= 15 is 0 Å². The van der Waals surface area contributed by atoms with Crippen LogP contribution < -0.4 is 5.73 Å². The van der Waals surface area contributed by atoms with Gasteiger partial charge in [-0.2, -0.15) is 11.8 Å². The topological polar surface area (TPSA) is 55.0 Å². The average Bonchev–Trinajstić information content (AvgIpc) is 2.71. The zero-order valence-electron chi connectivity index (χ0n) is 10.6. The fraction of sp³-hybridized carbons (Fsp3) is 0.538. The van der Waals surface area contributed by atoms with Crippen molar-refractivity contribution in [2.75, 3.05) is 37.4 Å². The molecule has 3 rings (SSSR count). The molecule has 2 aliphatic rings. The number of aromatic nitrogens is 2. The Bertz CT molecular complexity index is 480. The molecule has 2 N–H and O–H groups in total. The van der Waals surface area contributed by atoms with Gasteiger partial charge in [-0.3, -0.25) is 4.90 Å². The average molecular weight is 262 g/mol. The second-order valence-electron chi connectivity index (χ2n) is 5.04. The Hall–Kier alpha value is -1.07. The van der Waals surface area contributed by atoms with Crippen LogP contribution in [0.2, 0.25) is 0 Å². The van der Waals surface area contributed by atoms with Crippen LogP contribution in [0.25, 0.3) is 5.57 Å². The quantitative estimate of drug-likeness (QED) is 0.886. The van der Waals surface area contributed by atoms with Crippen LogP contribution in [0.3, 0.4) is 0 Å². The lowest BCUT2D eigenvalue weighted by atomic mass is 10.0. The molecule has 0 amide bonds. The Balaban J connectivity index is 1.62. The van der Waals surface area contributed by atoms with Gasteiger partial charge in [0.2, 0.25) is 0 Å². The first kappa shape index (κ1) is 12.0. The van der Waals surface area contributed by atoms with Crippen molar-refractivity contribution in [2.24, 2.45) is 5.92 Å². The van der Waals surface area contributed by atoms with Crippen LogP contribution in [0.1, 0.15) is 11.3 Å². The lowest BCUT2D eigenvalue weighted by Gasteiger charge is -2.39. The molecule has 2 heterocycles. The number of anilines is 1. The lowest BCUT2D eigenvalue weighted by molar-refractivity contribution is 0.135. The van der Waals surface area contributed by atoms with Crippen molar-refractivity contribution in [1.29, 1.82) is 0 Å². The van der Waals surface area contributed by atoms with Crippen molar-refractivity contribution < 1.29 is 0 Å². The standard InChI is InChI=1S/C13H18N4S/c1-18-7-9-4-17(5-9)6-10-2-3-11-12(10)15-8-16-13(11)14/h2,8-9H,3-7H2,1H3,(H2,14,15,16). The van der Waals surface area contributed by atoms with Crippen LogP contribution in [0.15, 0.2) is 12.4 Å². The van der Waals surface area contributed by atoms with Gasteiger partial charge in [0.1, 0.15) is 12.1 Å². The molecule has 1 fully saturated rings. The SMILES string of the molecule is CSCC1CN(CC2=CCc3c(N)ncnc32)C1. The number of nitrogen functional groups attached to an aromatic ring is 1. The molecule has 0 saturated carbocycles. The molecule has 18 heavy (non-hydrogen) atoms. The molecule has 0 spiro atoms. The number of hydrogen-bond acceptors (Lipinski definition) is 5. The van der Waals surface area contributed by atoms with Crippen LogP contribution in [-0.4, -0.2) is 46.5 Å². The molecule has 1 aliphatic carbocycles. The third-order valence-electron chi connectivity index (χ3n) is 3.66. The first-order valence-corrected chi connectivity index (χ1v) is 7.67. The second kappa shape index (κ2) is 4.90. The Morgan fingerprint density at radius 2 is 2.28 bits per heavy atom. The zero-order chi connectivity index (χ0) is 12.5. The molecule has 0 radical (unpaired) electrons. The van der Waals surface area contributed by atoms with E-state index in [0.29, 0.717) is 5.82 Å². The number of hydrogen-bond donors (Lipinski definition) is 1. The van der Waals surface area contributed by atoms with Gasteiger partial charge >= 0.3 is 0 Å². The number of nitrogens with zero attached hydrogens (tertiary/aromatic N) is 3. The van der Waals surface area contributed by atoms with E-state index in [9.17, 15) is 0 Å². The Morgan fingerprint density at radius 3 is 3.06 bits per heavy atom. The van der Waals surface area contributed by atoms with Crippen LogP contribution in [-0.2, 0) is 6.42 Å². The summed E-state index contributed by atoms with van der Waals surface area (Å²) < 4.78 is 0. The highest BCUT2D eigenvalue weighted by Crippen LogP contribution is 2.30. The van der Waals surface area contributed by atoms with Gasteiger partial charge < -0.3 is 5.73 Å². The fourth-order valence-corrected chi connectivity index (χ4v) is 3.44. The highest BCUT2D eigenvalue weighted by molar-refractivity contribution is 7.98. The molecule has 0 aromatic carbocycles. The molecule has 0 atom stereocenters. The highest BCUT2D eigenvalue weighted by Gasteiger charge is 2.28. The molecule has 0 unspecified atom stereocenters. The molecule has 4 nitrogen and oxygen atoms in total. The predicted octanol–water partition coefficient (Wildman–Crippen LogP) is 1.29. The third-order valence-corrected chi connectivity index (χ3v) is 4.47. The van der Waals surface area contributed by atoms with E-state index in [1.807, 2.05) is 11.8 Å². The van der Waals surface area contributed by atoms with Crippen molar-refractivity contribution in [3.63, 3.8) is 0 Å². The van der Waals surface area contributed by atoms with Gasteiger partial charge in [0.25, 0.3) is 0 Å². The monoisotopic (exact) mass is 262 g/mol. The summed E-state index contributed by atoms with van der Waals surface area (Å²) in [5, 5.41) is 0. The number of rotatable bonds is 4. The number of allylic oxidation sites excluding steroid dienone is 1. The van der Waals surface area contributed by atoms with Crippen molar-refractivity contribution >= 4 is 23.2 Å². The third kappa shape index (κ3) is 2.12. The van der Waals surface area contributed by atoms with Gasteiger partial charge in [0.15, 0.2) is 0 Å². The number of thioether (sulfide) groups is 1. The summed E-state index contributed by atoms with van der Waals surface area (Å²) in [7, 11) is 0. The maximum absolute atomic E-state index is 5.87. The highest BCUT2D eigenvalue weighted by atomic mass is 32.2. The minimum Gasteiger partial charge on any atom is -0.383 e. The van der Waals surface area contributed by atoms with E-state index in [1.165, 1.54) is 24.4 Å². The fourth-order valence-electron chi connectivity index (χ4n) is 2.75. The number of nitrogens with two attached hydrogens (primary N) is 1. The predicted molar refractivity (Wildman–Crippen MR) is 76.4 cm³/mol.